The molecule has 1 aliphatic heterocycles. The van der Waals surface area contributed by atoms with Crippen LogP contribution in [-0.2, 0) is 9.59 Å². The predicted molar refractivity (Wildman–Crippen MR) is 60.5 cm³/mol. The summed E-state index contributed by atoms with van der Waals surface area (Å²) in [6.45, 7) is 0.806. The fourth-order valence-electron chi connectivity index (χ4n) is 2.87. The molecule has 0 spiro atoms. The van der Waals surface area contributed by atoms with Gasteiger partial charge in [-0.2, -0.15) is 0 Å². The number of hydrogen-bond donors (Lipinski definition) is 1. The molecule has 1 saturated carbocycles. The van der Waals surface area contributed by atoms with Crippen molar-refractivity contribution in [1.82, 2.24) is 10.2 Å². The minimum Gasteiger partial charge on any atom is -0.338 e. The van der Waals surface area contributed by atoms with Crippen LogP contribution < -0.4 is 5.32 Å². The van der Waals surface area contributed by atoms with E-state index in [1.165, 1.54) is 19.3 Å². The summed E-state index contributed by atoms with van der Waals surface area (Å²) in [7, 11) is 0. The number of carbonyl (C=O) groups is 2. The summed E-state index contributed by atoms with van der Waals surface area (Å²) in [5.41, 5.74) is 0. The summed E-state index contributed by atoms with van der Waals surface area (Å²) >= 11 is 0. The standard InChI is InChI=1S/C12H20N2O2/c15-9-13-11-7-4-8-14(11)12(16)10-5-2-1-3-6-10/h9-11H,1-8H2,(H,13,15). The number of likely N-dealkylation sites (tertiary alicyclic amines) is 1. The Morgan fingerprint density at radius 1 is 1.12 bits per heavy atom. The molecule has 2 amide bonds. The van der Waals surface area contributed by atoms with Crippen molar-refractivity contribution in [3.8, 4) is 0 Å². The van der Waals surface area contributed by atoms with Gasteiger partial charge in [0.15, 0.2) is 0 Å². The van der Waals surface area contributed by atoms with Crippen LogP contribution in [0.15, 0.2) is 0 Å². The molecule has 2 aliphatic rings. The average molecular weight is 224 g/mol. The summed E-state index contributed by atoms with van der Waals surface area (Å²) in [4.78, 5) is 24.6. The lowest BCUT2D eigenvalue weighted by Gasteiger charge is -2.30. The lowest BCUT2D eigenvalue weighted by atomic mass is 9.88. The second kappa shape index (κ2) is 5.32. The molecule has 0 aromatic heterocycles. The molecule has 0 bridgehead atoms. The third-order valence-electron chi connectivity index (χ3n) is 3.75. The van der Waals surface area contributed by atoms with E-state index in [1.807, 2.05) is 4.90 Å². The first kappa shape index (κ1) is 11.4. The number of hydrogen-bond acceptors (Lipinski definition) is 2. The minimum absolute atomic E-state index is 0.0491. The van der Waals surface area contributed by atoms with Gasteiger partial charge in [0, 0.05) is 12.5 Å². The molecular formula is C12H20N2O2. The SMILES string of the molecule is O=CNC1CCCN1C(=O)C1CCCCC1. The number of carbonyl (C=O) groups excluding carboxylic acids is 2. The van der Waals surface area contributed by atoms with Gasteiger partial charge < -0.3 is 10.2 Å². The van der Waals surface area contributed by atoms with Crippen LogP contribution >= 0.6 is 0 Å². The summed E-state index contributed by atoms with van der Waals surface area (Å²) in [5, 5.41) is 2.74. The maximum Gasteiger partial charge on any atom is 0.227 e. The van der Waals surface area contributed by atoms with Gasteiger partial charge in [-0.3, -0.25) is 9.59 Å². The van der Waals surface area contributed by atoms with E-state index in [1.54, 1.807) is 0 Å². The molecule has 90 valence electrons. The number of rotatable bonds is 3. The van der Waals surface area contributed by atoms with Crippen molar-refractivity contribution in [2.45, 2.75) is 51.1 Å². The second-order valence-electron chi connectivity index (χ2n) is 4.81. The van der Waals surface area contributed by atoms with Crippen molar-refractivity contribution in [3.05, 3.63) is 0 Å². The first-order valence-corrected chi connectivity index (χ1v) is 6.33. The van der Waals surface area contributed by atoms with Gasteiger partial charge in [0.25, 0.3) is 0 Å². The normalized spacial score (nSPS) is 26.8. The van der Waals surface area contributed by atoms with Crippen LogP contribution in [0.25, 0.3) is 0 Å². The summed E-state index contributed by atoms with van der Waals surface area (Å²) in [6, 6.07) is 0. The van der Waals surface area contributed by atoms with Crippen LogP contribution in [0.5, 0.6) is 0 Å². The zero-order valence-electron chi connectivity index (χ0n) is 9.65. The molecule has 1 unspecified atom stereocenters. The fourth-order valence-corrected chi connectivity index (χ4v) is 2.87. The Morgan fingerprint density at radius 2 is 1.88 bits per heavy atom. The molecule has 0 radical (unpaired) electrons. The van der Waals surface area contributed by atoms with Crippen molar-refractivity contribution < 1.29 is 9.59 Å². The zero-order valence-corrected chi connectivity index (χ0v) is 9.65. The van der Waals surface area contributed by atoms with Crippen LogP contribution in [0.2, 0.25) is 0 Å². The van der Waals surface area contributed by atoms with Gasteiger partial charge in [0.2, 0.25) is 12.3 Å². The molecule has 4 heteroatoms. The van der Waals surface area contributed by atoms with Crippen molar-refractivity contribution in [2.24, 2.45) is 5.92 Å². The molecule has 1 atom stereocenters. The predicted octanol–water partition coefficient (Wildman–Crippen LogP) is 1.26. The molecule has 1 saturated heterocycles. The van der Waals surface area contributed by atoms with Crippen LogP contribution in [0.3, 0.4) is 0 Å². The van der Waals surface area contributed by atoms with Gasteiger partial charge >= 0.3 is 0 Å². The van der Waals surface area contributed by atoms with Crippen LogP contribution in [-0.4, -0.2) is 29.9 Å². The zero-order chi connectivity index (χ0) is 11.4. The van der Waals surface area contributed by atoms with E-state index in [4.69, 9.17) is 0 Å². The maximum atomic E-state index is 12.3. The highest BCUT2D eigenvalue weighted by molar-refractivity contribution is 5.79. The quantitative estimate of drug-likeness (QED) is 0.734. The fraction of sp³-hybridized carbons (Fsp3) is 0.833. The summed E-state index contributed by atoms with van der Waals surface area (Å²) < 4.78 is 0. The molecule has 4 nitrogen and oxygen atoms in total. The maximum absolute atomic E-state index is 12.3. The van der Waals surface area contributed by atoms with Crippen LogP contribution in [0.4, 0.5) is 0 Å². The molecule has 0 aromatic rings. The first-order chi connectivity index (χ1) is 7.83. The van der Waals surface area contributed by atoms with Gasteiger partial charge in [-0.25, -0.2) is 0 Å². The van der Waals surface area contributed by atoms with Crippen molar-refractivity contribution >= 4 is 12.3 Å². The van der Waals surface area contributed by atoms with Crippen molar-refractivity contribution in [1.29, 1.82) is 0 Å². The Labute approximate surface area is 96.4 Å². The number of amides is 2. The molecule has 2 fully saturated rings. The molecule has 1 heterocycles. The van der Waals surface area contributed by atoms with E-state index in [9.17, 15) is 9.59 Å². The number of nitrogens with one attached hydrogen (secondary N) is 1. The average Bonchev–Trinajstić information content (AvgIpc) is 2.78. The molecule has 16 heavy (non-hydrogen) atoms. The van der Waals surface area contributed by atoms with Crippen LogP contribution in [0.1, 0.15) is 44.9 Å². The Balaban J connectivity index is 1.94. The molecule has 2 rings (SSSR count). The van der Waals surface area contributed by atoms with Gasteiger partial charge in [-0.05, 0) is 25.7 Å². The molecule has 0 aromatic carbocycles. The van der Waals surface area contributed by atoms with E-state index in [-0.39, 0.29) is 18.0 Å². The van der Waals surface area contributed by atoms with Gasteiger partial charge in [0.1, 0.15) is 6.17 Å². The lowest BCUT2D eigenvalue weighted by Crippen LogP contribution is -2.46. The van der Waals surface area contributed by atoms with E-state index in [0.29, 0.717) is 6.41 Å². The van der Waals surface area contributed by atoms with E-state index in [0.717, 1.165) is 32.2 Å². The Bertz CT molecular complexity index is 262. The van der Waals surface area contributed by atoms with Gasteiger partial charge in [-0.15, -0.1) is 0 Å². The smallest absolute Gasteiger partial charge is 0.227 e. The molecule has 1 N–H and O–H groups in total. The highest BCUT2D eigenvalue weighted by atomic mass is 16.2. The number of nitrogens with zero attached hydrogens (tertiary/aromatic N) is 1. The first-order valence-electron chi connectivity index (χ1n) is 6.33. The lowest BCUT2D eigenvalue weighted by molar-refractivity contribution is -0.138. The van der Waals surface area contributed by atoms with E-state index in [2.05, 4.69) is 5.32 Å². The Morgan fingerprint density at radius 3 is 2.56 bits per heavy atom. The van der Waals surface area contributed by atoms with Gasteiger partial charge in [0.05, 0.1) is 0 Å². The summed E-state index contributed by atoms with van der Waals surface area (Å²) in [6.07, 6.45) is 8.24. The van der Waals surface area contributed by atoms with Crippen LogP contribution in [0, 0.1) is 5.92 Å². The second-order valence-corrected chi connectivity index (χ2v) is 4.81. The van der Waals surface area contributed by atoms with E-state index < -0.39 is 0 Å². The largest absolute Gasteiger partial charge is 0.338 e. The Kier molecular flexibility index (Phi) is 3.80. The summed E-state index contributed by atoms with van der Waals surface area (Å²) in [5.74, 6) is 0.472. The van der Waals surface area contributed by atoms with E-state index >= 15 is 0 Å². The van der Waals surface area contributed by atoms with Gasteiger partial charge in [-0.1, -0.05) is 19.3 Å². The molecule has 1 aliphatic carbocycles. The minimum atomic E-state index is -0.0491. The monoisotopic (exact) mass is 224 g/mol. The highest BCUT2D eigenvalue weighted by Crippen LogP contribution is 2.27. The highest BCUT2D eigenvalue weighted by Gasteiger charge is 2.33. The third-order valence-corrected chi connectivity index (χ3v) is 3.75. The topological polar surface area (TPSA) is 49.4 Å². The van der Waals surface area contributed by atoms with Crippen molar-refractivity contribution in [3.63, 3.8) is 0 Å². The Hall–Kier alpha value is -1.06. The molecular weight excluding hydrogens is 204 g/mol. The third kappa shape index (κ3) is 2.36. The van der Waals surface area contributed by atoms with Crippen molar-refractivity contribution in [2.75, 3.05) is 6.54 Å².